The molecule has 1 saturated heterocycles. The molecule has 7 heteroatoms. The van der Waals surface area contributed by atoms with Crippen LogP contribution in [0.1, 0.15) is 37.4 Å². The standard InChI is InChI=1S/C24H26FNO5/c1-15(2)31-19-11-7-16(8-12-19)21-20(22(27)17-5-9-18(25)10-6-17)23(28)24(29)26(21)13-4-14-30-3/h5-12,15,21,27H,4,13-14H2,1-3H3/b22-20-. The van der Waals surface area contributed by atoms with Gasteiger partial charge < -0.3 is 19.5 Å². The van der Waals surface area contributed by atoms with Crippen LogP contribution >= 0.6 is 0 Å². The summed E-state index contributed by atoms with van der Waals surface area (Å²) in [6.45, 7) is 4.55. The fourth-order valence-corrected chi connectivity index (χ4v) is 3.60. The molecule has 1 unspecified atom stereocenters. The molecule has 6 nitrogen and oxygen atoms in total. The molecule has 0 aromatic heterocycles. The van der Waals surface area contributed by atoms with Crippen LogP contribution in [0.3, 0.4) is 0 Å². The fourth-order valence-electron chi connectivity index (χ4n) is 3.60. The average molecular weight is 427 g/mol. The third-order valence-electron chi connectivity index (χ3n) is 4.97. The van der Waals surface area contributed by atoms with Gasteiger partial charge in [-0.1, -0.05) is 12.1 Å². The van der Waals surface area contributed by atoms with Crippen molar-refractivity contribution in [3.63, 3.8) is 0 Å². The molecule has 1 atom stereocenters. The van der Waals surface area contributed by atoms with E-state index in [4.69, 9.17) is 9.47 Å². The van der Waals surface area contributed by atoms with Crippen molar-refractivity contribution in [1.82, 2.24) is 4.90 Å². The highest BCUT2D eigenvalue weighted by atomic mass is 19.1. The molecule has 164 valence electrons. The number of carbonyl (C=O) groups is 2. The van der Waals surface area contributed by atoms with Crippen LogP contribution in [0.15, 0.2) is 54.1 Å². The SMILES string of the molecule is COCCCN1C(=O)C(=O)/C(=C(\O)c2ccc(F)cc2)C1c1ccc(OC(C)C)cc1. The van der Waals surface area contributed by atoms with Gasteiger partial charge in [-0.15, -0.1) is 0 Å². The lowest BCUT2D eigenvalue weighted by Gasteiger charge is -2.25. The Bertz CT molecular complexity index is 966. The second kappa shape index (κ2) is 9.75. The summed E-state index contributed by atoms with van der Waals surface area (Å²) in [6.07, 6.45) is 0.537. The number of Topliss-reactive ketones (excluding diaryl/α,β-unsaturated/α-hetero) is 1. The Morgan fingerprint density at radius 2 is 1.74 bits per heavy atom. The summed E-state index contributed by atoms with van der Waals surface area (Å²) < 4.78 is 24.1. The van der Waals surface area contributed by atoms with Crippen molar-refractivity contribution in [1.29, 1.82) is 0 Å². The van der Waals surface area contributed by atoms with Crippen LogP contribution in [0.25, 0.3) is 5.76 Å². The van der Waals surface area contributed by atoms with Crippen molar-refractivity contribution < 1.29 is 28.6 Å². The van der Waals surface area contributed by atoms with E-state index in [1.807, 2.05) is 13.8 Å². The molecule has 1 amide bonds. The predicted molar refractivity (Wildman–Crippen MR) is 114 cm³/mol. The minimum atomic E-state index is -0.772. The quantitative estimate of drug-likeness (QED) is 0.297. The van der Waals surface area contributed by atoms with Gasteiger partial charge in [0.05, 0.1) is 17.7 Å². The van der Waals surface area contributed by atoms with Gasteiger partial charge in [-0.05, 0) is 62.2 Å². The van der Waals surface area contributed by atoms with Gasteiger partial charge >= 0.3 is 0 Å². The molecule has 2 aromatic carbocycles. The first-order valence-electron chi connectivity index (χ1n) is 10.1. The maximum Gasteiger partial charge on any atom is 0.295 e. The molecule has 1 aliphatic heterocycles. The van der Waals surface area contributed by atoms with Crippen LogP contribution in [0.5, 0.6) is 5.75 Å². The zero-order valence-corrected chi connectivity index (χ0v) is 17.8. The molecule has 3 rings (SSSR count). The second-order valence-electron chi connectivity index (χ2n) is 7.58. The second-order valence-corrected chi connectivity index (χ2v) is 7.58. The smallest absolute Gasteiger partial charge is 0.295 e. The number of halogens is 1. The molecule has 0 radical (unpaired) electrons. The number of ether oxygens (including phenoxy) is 2. The van der Waals surface area contributed by atoms with Gasteiger partial charge in [-0.2, -0.15) is 0 Å². The number of aliphatic hydroxyl groups is 1. The van der Waals surface area contributed by atoms with Gasteiger partial charge in [0.25, 0.3) is 11.7 Å². The normalized spacial score (nSPS) is 18.1. The monoisotopic (exact) mass is 427 g/mol. The summed E-state index contributed by atoms with van der Waals surface area (Å²) in [7, 11) is 1.56. The van der Waals surface area contributed by atoms with Crippen LogP contribution in [0.4, 0.5) is 4.39 Å². The Morgan fingerprint density at radius 3 is 2.32 bits per heavy atom. The van der Waals surface area contributed by atoms with E-state index in [1.54, 1.807) is 31.4 Å². The lowest BCUT2D eigenvalue weighted by Crippen LogP contribution is -2.31. The minimum absolute atomic E-state index is 0.00371. The van der Waals surface area contributed by atoms with E-state index < -0.39 is 23.5 Å². The summed E-state index contributed by atoms with van der Waals surface area (Å²) in [5.74, 6) is -1.60. The Morgan fingerprint density at radius 1 is 1.10 bits per heavy atom. The molecule has 0 saturated carbocycles. The summed E-state index contributed by atoms with van der Waals surface area (Å²) >= 11 is 0. The van der Waals surface area contributed by atoms with Gasteiger partial charge in [-0.25, -0.2) is 4.39 Å². The molecule has 0 aliphatic carbocycles. The lowest BCUT2D eigenvalue weighted by molar-refractivity contribution is -0.140. The largest absolute Gasteiger partial charge is 0.507 e. The molecule has 1 aliphatic rings. The van der Waals surface area contributed by atoms with E-state index in [1.165, 1.54) is 29.2 Å². The number of likely N-dealkylation sites (tertiary alicyclic amines) is 1. The van der Waals surface area contributed by atoms with Gasteiger partial charge in [0.15, 0.2) is 0 Å². The van der Waals surface area contributed by atoms with E-state index in [9.17, 15) is 19.1 Å². The Kier molecular flexibility index (Phi) is 7.07. The fraction of sp³-hybridized carbons (Fsp3) is 0.333. The van der Waals surface area contributed by atoms with Crippen molar-refractivity contribution in [3.05, 3.63) is 71.0 Å². The number of aliphatic hydroxyl groups excluding tert-OH is 1. The maximum absolute atomic E-state index is 13.3. The molecule has 31 heavy (non-hydrogen) atoms. The van der Waals surface area contributed by atoms with Crippen molar-refractivity contribution in [2.75, 3.05) is 20.3 Å². The molecular weight excluding hydrogens is 401 g/mol. The number of nitrogens with zero attached hydrogens (tertiary/aromatic N) is 1. The zero-order valence-electron chi connectivity index (χ0n) is 17.8. The van der Waals surface area contributed by atoms with Crippen LogP contribution in [0.2, 0.25) is 0 Å². The van der Waals surface area contributed by atoms with E-state index in [0.29, 0.717) is 24.3 Å². The Hall–Kier alpha value is -3.19. The van der Waals surface area contributed by atoms with Crippen LogP contribution in [-0.4, -0.2) is 48.1 Å². The maximum atomic E-state index is 13.3. The number of rotatable bonds is 8. The van der Waals surface area contributed by atoms with E-state index >= 15 is 0 Å². The number of methoxy groups -OCH3 is 1. The number of hydrogen-bond acceptors (Lipinski definition) is 5. The number of carbonyl (C=O) groups excluding carboxylic acids is 2. The first-order chi connectivity index (χ1) is 14.8. The van der Waals surface area contributed by atoms with Crippen LogP contribution in [0, 0.1) is 5.82 Å². The topological polar surface area (TPSA) is 76.1 Å². The molecular formula is C24H26FNO5. The number of amides is 1. The summed E-state index contributed by atoms with van der Waals surface area (Å²) in [5.41, 5.74) is 0.906. The summed E-state index contributed by atoms with van der Waals surface area (Å²) in [4.78, 5) is 27.1. The lowest BCUT2D eigenvalue weighted by atomic mass is 9.95. The van der Waals surface area contributed by atoms with Crippen LogP contribution < -0.4 is 4.74 Å². The zero-order chi connectivity index (χ0) is 22.5. The average Bonchev–Trinajstić information content (AvgIpc) is 2.99. The minimum Gasteiger partial charge on any atom is -0.507 e. The summed E-state index contributed by atoms with van der Waals surface area (Å²) in [5, 5.41) is 10.9. The molecule has 2 aromatic rings. The molecule has 0 spiro atoms. The van der Waals surface area contributed by atoms with Crippen LogP contribution in [-0.2, 0) is 14.3 Å². The van der Waals surface area contributed by atoms with Crippen molar-refractivity contribution in [2.24, 2.45) is 0 Å². The van der Waals surface area contributed by atoms with Crippen molar-refractivity contribution >= 4 is 17.4 Å². The summed E-state index contributed by atoms with van der Waals surface area (Å²) in [6, 6.07) is 11.4. The Labute approximate surface area is 180 Å². The highest BCUT2D eigenvalue weighted by molar-refractivity contribution is 6.46. The Balaban J connectivity index is 2.06. The molecule has 1 heterocycles. The van der Waals surface area contributed by atoms with E-state index in [0.717, 1.165) is 0 Å². The molecule has 1 fully saturated rings. The first kappa shape index (κ1) is 22.5. The van der Waals surface area contributed by atoms with E-state index in [2.05, 4.69) is 0 Å². The predicted octanol–water partition coefficient (Wildman–Crippen LogP) is 4.07. The van der Waals surface area contributed by atoms with Crippen molar-refractivity contribution in [3.8, 4) is 5.75 Å². The number of hydrogen-bond donors (Lipinski definition) is 1. The number of ketones is 1. The van der Waals surface area contributed by atoms with Gasteiger partial charge in [-0.3, -0.25) is 9.59 Å². The first-order valence-corrected chi connectivity index (χ1v) is 10.1. The van der Waals surface area contributed by atoms with Gasteiger partial charge in [0.1, 0.15) is 17.3 Å². The third-order valence-corrected chi connectivity index (χ3v) is 4.97. The number of benzene rings is 2. The highest BCUT2D eigenvalue weighted by Crippen LogP contribution is 2.39. The van der Waals surface area contributed by atoms with Gasteiger partial charge in [0, 0.05) is 25.8 Å². The molecule has 0 bridgehead atoms. The van der Waals surface area contributed by atoms with Crippen molar-refractivity contribution in [2.45, 2.75) is 32.4 Å². The third kappa shape index (κ3) is 4.94. The molecule has 1 N–H and O–H groups in total. The van der Waals surface area contributed by atoms with Gasteiger partial charge in [0.2, 0.25) is 0 Å². The van der Waals surface area contributed by atoms with E-state index in [-0.39, 0.29) is 29.5 Å². The highest BCUT2D eigenvalue weighted by Gasteiger charge is 2.45.